The van der Waals surface area contributed by atoms with E-state index in [-0.39, 0.29) is 25.0 Å². The maximum absolute atomic E-state index is 12.8. The minimum absolute atomic E-state index is 0.160. The number of rotatable bonds is 8. The predicted octanol–water partition coefficient (Wildman–Crippen LogP) is 3.00. The number of carbonyl (C=O) groups is 2. The van der Waals surface area contributed by atoms with E-state index < -0.39 is 6.04 Å². The van der Waals surface area contributed by atoms with Crippen LogP contribution < -0.4 is 14.8 Å². The van der Waals surface area contributed by atoms with Crippen molar-refractivity contribution in [3.05, 3.63) is 58.6 Å². The van der Waals surface area contributed by atoms with Crippen molar-refractivity contribution in [1.29, 1.82) is 0 Å². The van der Waals surface area contributed by atoms with E-state index in [9.17, 15) is 9.59 Å². The molecule has 2 amide bonds. The Morgan fingerprint density at radius 1 is 1.15 bits per heavy atom. The summed E-state index contributed by atoms with van der Waals surface area (Å²) in [5.41, 5.74) is 0.863. The normalized spacial score (nSPS) is 11.4. The number of methoxy groups -OCH3 is 1. The van der Waals surface area contributed by atoms with Crippen LogP contribution in [0.4, 0.5) is 0 Å². The first-order valence-corrected chi connectivity index (χ1v) is 9.26. The Kier molecular flexibility index (Phi) is 7.67. The van der Waals surface area contributed by atoms with Crippen LogP contribution >= 0.6 is 15.9 Å². The van der Waals surface area contributed by atoms with Crippen LogP contribution in [0, 0.1) is 0 Å². The number of benzene rings is 2. The van der Waals surface area contributed by atoms with Crippen molar-refractivity contribution in [3.63, 3.8) is 0 Å². The number of likely N-dealkylation sites (N-methyl/N-ethyl adjacent to an activating group) is 1. The van der Waals surface area contributed by atoms with Gasteiger partial charge in [-0.25, -0.2) is 0 Å². The molecule has 2 aromatic carbocycles. The van der Waals surface area contributed by atoms with E-state index in [0.29, 0.717) is 11.5 Å². The molecule has 0 aliphatic carbocycles. The molecule has 0 saturated heterocycles. The number of hydrogen-bond acceptors (Lipinski definition) is 4. The number of halogens is 1. The third-order valence-electron chi connectivity index (χ3n) is 4.08. The molecule has 2 rings (SSSR count). The van der Waals surface area contributed by atoms with Gasteiger partial charge in [-0.3, -0.25) is 9.59 Å². The number of amides is 2. The monoisotopic (exact) mass is 434 g/mol. The molecule has 0 aliphatic heterocycles. The maximum Gasteiger partial charge on any atom is 0.261 e. The van der Waals surface area contributed by atoms with Crippen molar-refractivity contribution in [1.82, 2.24) is 10.2 Å². The van der Waals surface area contributed by atoms with E-state index in [2.05, 4.69) is 21.2 Å². The molecule has 7 heteroatoms. The van der Waals surface area contributed by atoms with Gasteiger partial charge in [0.25, 0.3) is 5.91 Å². The standard InChI is InChI=1S/C20H23BrN2O4/c1-14(20(25)22-2)23(12-15-5-4-6-18(11-15)26-3)19(24)13-27-17-9-7-16(21)8-10-17/h4-11,14H,12-13H2,1-3H3,(H,22,25). The molecule has 0 fully saturated rings. The molecule has 0 spiro atoms. The van der Waals surface area contributed by atoms with Crippen LogP contribution in [-0.2, 0) is 16.1 Å². The smallest absolute Gasteiger partial charge is 0.261 e. The van der Waals surface area contributed by atoms with Gasteiger partial charge in [0.05, 0.1) is 7.11 Å². The van der Waals surface area contributed by atoms with Gasteiger partial charge in [-0.05, 0) is 48.9 Å². The quantitative estimate of drug-likeness (QED) is 0.693. The van der Waals surface area contributed by atoms with Gasteiger partial charge in [-0.15, -0.1) is 0 Å². The van der Waals surface area contributed by atoms with Crippen molar-refractivity contribution >= 4 is 27.7 Å². The molecule has 6 nitrogen and oxygen atoms in total. The van der Waals surface area contributed by atoms with E-state index in [1.54, 1.807) is 33.2 Å². The van der Waals surface area contributed by atoms with Gasteiger partial charge in [0.1, 0.15) is 17.5 Å². The fourth-order valence-electron chi connectivity index (χ4n) is 2.52. The van der Waals surface area contributed by atoms with Gasteiger partial charge < -0.3 is 19.7 Å². The predicted molar refractivity (Wildman–Crippen MR) is 107 cm³/mol. The molecule has 0 saturated carbocycles. The van der Waals surface area contributed by atoms with Gasteiger partial charge in [0, 0.05) is 18.1 Å². The average molecular weight is 435 g/mol. The topological polar surface area (TPSA) is 67.9 Å². The Morgan fingerprint density at radius 3 is 2.48 bits per heavy atom. The molecule has 1 N–H and O–H groups in total. The molecular weight excluding hydrogens is 412 g/mol. The summed E-state index contributed by atoms with van der Waals surface area (Å²) in [5.74, 6) is 0.755. The van der Waals surface area contributed by atoms with E-state index in [0.717, 1.165) is 10.0 Å². The second kappa shape index (κ2) is 9.97. The van der Waals surface area contributed by atoms with E-state index >= 15 is 0 Å². The summed E-state index contributed by atoms with van der Waals surface area (Å²) in [5, 5.41) is 2.58. The van der Waals surface area contributed by atoms with Crippen molar-refractivity contribution in [2.75, 3.05) is 20.8 Å². The molecule has 1 atom stereocenters. The van der Waals surface area contributed by atoms with E-state index in [1.165, 1.54) is 4.90 Å². The molecule has 0 aromatic heterocycles. The van der Waals surface area contributed by atoms with Crippen molar-refractivity contribution in [3.8, 4) is 11.5 Å². The molecule has 27 heavy (non-hydrogen) atoms. The van der Waals surface area contributed by atoms with Crippen LogP contribution in [0.1, 0.15) is 12.5 Å². The van der Waals surface area contributed by atoms with Gasteiger partial charge >= 0.3 is 0 Å². The van der Waals surface area contributed by atoms with Crippen molar-refractivity contribution < 1.29 is 19.1 Å². The molecule has 0 bridgehead atoms. The molecule has 144 valence electrons. The number of nitrogens with zero attached hydrogens (tertiary/aromatic N) is 1. The van der Waals surface area contributed by atoms with Crippen LogP contribution in [0.25, 0.3) is 0 Å². The van der Waals surface area contributed by atoms with Crippen molar-refractivity contribution in [2.45, 2.75) is 19.5 Å². The fourth-order valence-corrected chi connectivity index (χ4v) is 2.78. The van der Waals surface area contributed by atoms with Gasteiger partial charge in [0.15, 0.2) is 6.61 Å². The lowest BCUT2D eigenvalue weighted by Crippen LogP contribution is -2.48. The minimum Gasteiger partial charge on any atom is -0.497 e. The first-order chi connectivity index (χ1) is 12.9. The molecule has 1 unspecified atom stereocenters. The highest BCUT2D eigenvalue weighted by atomic mass is 79.9. The summed E-state index contributed by atoms with van der Waals surface area (Å²) < 4.78 is 11.7. The Bertz CT molecular complexity index is 780. The second-order valence-electron chi connectivity index (χ2n) is 5.91. The number of nitrogens with one attached hydrogen (secondary N) is 1. The zero-order valence-electron chi connectivity index (χ0n) is 15.6. The lowest BCUT2D eigenvalue weighted by atomic mass is 10.1. The highest BCUT2D eigenvalue weighted by Crippen LogP contribution is 2.18. The minimum atomic E-state index is -0.637. The van der Waals surface area contributed by atoms with Gasteiger partial charge in [0.2, 0.25) is 5.91 Å². The largest absolute Gasteiger partial charge is 0.497 e. The zero-order chi connectivity index (χ0) is 19.8. The SMILES string of the molecule is CNC(=O)C(C)N(Cc1cccc(OC)c1)C(=O)COc1ccc(Br)cc1. The fraction of sp³-hybridized carbons (Fsp3) is 0.300. The number of carbonyl (C=O) groups excluding carboxylic acids is 2. The van der Waals surface area contributed by atoms with Crippen LogP contribution in [0.15, 0.2) is 53.0 Å². The summed E-state index contributed by atoms with van der Waals surface area (Å²) in [6.07, 6.45) is 0. The third-order valence-corrected chi connectivity index (χ3v) is 4.61. The highest BCUT2D eigenvalue weighted by molar-refractivity contribution is 9.10. The molecular formula is C20H23BrN2O4. The summed E-state index contributed by atoms with van der Waals surface area (Å²) >= 11 is 3.36. The van der Waals surface area contributed by atoms with E-state index in [4.69, 9.17) is 9.47 Å². The van der Waals surface area contributed by atoms with Crippen LogP contribution in [0.3, 0.4) is 0 Å². The Balaban J connectivity index is 2.13. The Hall–Kier alpha value is -2.54. The second-order valence-corrected chi connectivity index (χ2v) is 6.82. The van der Waals surface area contributed by atoms with E-state index in [1.807, 2.05) is 36.4 Å². The third kappa shape index (κ3) is 5.99. The average Bonchev–Trinajstić information content (AvgIpc) is 2.70. The first kappa shape index (κ1) is 20.8. The first-order valence-electron chi connectivity index (χ1n) is 8.47. The maximum atomic E-state index is 12.8. The Morgan fingerprint density at radius 2 is 1.85 bits per heavy atom. The summed E-state index contributed by atoms with van der Waals surface area (Å²) in [6.45, 7) is 1.80. The highest BCUT2D eigenvalue weighted by Gasteiger charge is 2.26. The number of ether oxygens (including phenoxy) is 2. The van der Waals surface area contributed by atoms with Crippen LogP contribution in [0.5, 0.6) is 11.5 Å². The lowest BCUT2D eigenvalue weighted by Gasteiger charge is -2.28. The molecule has 0 heterocycles. The number of hydrogen-bond donors (Lipinski definition) is 1. The Labute approximate surface area is 167 Å². The van der Waals surface area contributed by atoms with Crippen LogP contribution in [0.2, 0.25) is 0 Å². The zero-order valence-corrected chi connectivity index (χ0v) is 17.2. The van der Waals surface area contributed by atoms with Gasteiger partial charge in [-0.1, -0.05) is 28.1 Å². The summed E-state index contributed by atoms with van der Waals surface area (Å²) in [7, 11) is 3.13. The lowest BCUT2D eigenvalue weighted by molar-refractivity contribution is -0.142. The van der Waals surface area contributed by atoms with Gasteiger partial charge in [-0.2, -0.15) is 0 Å². The summed E-state index contributed by atoms with van der Waals surface area (Å²) in [4.78, 5) is 26.4. The molecule has 0 aliphatic rings. The molecule has 2 aromatic rings. The molecule has 0 radical (unpaired) electrons. The van der Waals surface area contributed by atoms with Crippen LogP contribution in [-0.4, -0.2) is 43.5 Å². The summed E-state index contributed by atoms with van der Waals surface area (Å²) in [6, 6.07) is 14.0. The van der Waals surface area contributed by atoms with Crippen molar-refractivity contribution in [2.24, 2.45) is 0 Å².